The third-order valence-corrected chi connectivity index (χ3v) is 2.96. The standard InChI is InChI=1S/C11H15BrO4/c1-15-10-4-7(3-8(14)6-13)9(12)5-11(10)16-2/h4-5,8,13-14H,3,6H2,1-2H3/t8-/m0/s1. The first-order chi connectivity index (χ1) is 7.62. The average molecular weight is 291 g/mol. The molecule has 16 heavy (non-hydrogen) atoms. The molecule has 1 aromatic carbocycles. The van der Waals surface area contributed by atoms with E-state index in [4.69, 9.17) is 14.6 Å². The molecule has 0 aliphatic heterocycles. The maximum atomic E-state index is 9.38. The molecule has 0 bridgehead atoms. The molecule has 0 heterocycles. The van der Waals surface area contributed by atoms with E-state index in [1.165, 1.54) is 0 Å². The molecule has 1 atom stereocenters. The van der Waals surface area contributed by atoms with Crippen molar-refractivity contribution < 1.29 is 19.7 Å². The first kappa shape index (κ1) is 13.3. The van der Waals surface area contributed by atoms with Gasteiger partial charge in [-0.2, -0.15) is 0 Å². The summed E-state index contributed by atoms with van der Waals surface area (Å²) in [5.41, 5.74) is 0.860. The quantitative estimate of drug-likeness (QED) is 0.860. The highest BCUT2D eigenvalue weighted by molar-refractivity contribution is 9.10. The van der Waals surface area contributed by atoms with E-state index in [-0.39, 0.29) is 6.61 Å². The number of benzene rings is 1. The van der Waals surface area contributed by atoms with Crippen LogP contribution in [0.2, 0.25) is 0 Å². The minimum Gasteiger partial charge on any atom is -0.493 e. The van der Waals surface area contributed by atoms with Gasteiger partial charge in [0, 0.05) is 10.9 Å². The second-order valence-corrected chi connectivity index (χ2v) is 4.19. The number of hydrogen-bond donors (Lipinski definition) is 2. The summed E-state index contributed by atoms with van der Waals surface area (Å²) >= 11 is 3.38. The lowest BCUT2D eigenvalue weighted by molar-refractivity contribution is 0.0953. The van der Waals surface area contributed by atoms with Crippen LogP contribution in [0.5, 0.6) is 11.5 Å². The Hall–Kier alpha value is -0.780. The summed E-state index contributed by atoms with van der Waals surface area (Å²) < 4.78 is 11.1. The molecular formula is C11H15BrO4. The largest absolute Gasteiger partial charge is 0.493 e. The number of hydrogen-bond acceptors (Lipinski definition) is 4. The maximum absolute atomic E-state index is 9.38. The summed E-state index contributed by atoms with van der Waals surface area (Å²) in [5.74, 6) is 1.22. The van der Waals surface area contributed by atoms with Gasteiger partial charge < -0.3 is 19.7 Å². The Balaban J connectivity index is 3.01. The second kappa shape index (κ2) is 6.08. The van der Waals surface area contributed by atoms with E-state index in [0.717, 1.165) is 10.0 Å². The zero-order valence-electron chi connectivity index (χ0n) is 9.24. The predicted octanol–water partition coefficient (Wildman–Crippen LogP) is 1.36. The highest BCUT2D eigenvalue weighted by Crippen LogP contribution is 2.33. The third-order valence-electron chi connectivity index (χ3n) is 2.22. The molecule has 90 valence electrons. The molecule has 2 N–H and O–H groups in total. The van der Waals surface area contributed by atoms with Gasteiger partial charge >= 0.3 is 0 Å². The van der Waals surface area contributed by atoms with Crippen molar-refractivity contribution in [2.75, 3.05) is 20.8 Å². The van der Waals surface area contributed by atoms with Crippen molar-refractivity contribution in [1.82, 2.24) is 0 Å². The summed E-state index contributed by atoms with van der Waals surface area (Å²) in [5, 5.41) is 18.2. The normalized spacial score (nSPS) is 12.3. The lowest BCUT2D eigenvalue weighted by Crippen LogP contribution is -2.15. The molecule has 0 aromatic heterocycles. The topological polar surface area (TPSA) is 58.9 Å². The zero-order valence-corrected chi connectivity index (χ0v) is 10.8. The molecule has 1 aromatic rings. The summed E-state index contributed by atoms with van der Waals surface area (Å²) in [6.45, 7) is -0.263. The van der Waals surface area contributed by atoms with Gasteiger partial charge in [-0.25, -0.2) is 0 Å². The van der Waals surface area contributed by atoms with E-state index in [2.05, 4.69) is 15.9 Å². The molecule has 0 unspecified atom stereocenters. The third kappa shape index (κ3) is 3.10. The monoisotopic (exact) mass is 290 g/mol. The van der Waals surface area contributed by atoms with Crippen LogP contribution >= 0.6 is 15.9 Å². The van der Waals surface area contributed by atoms with Gasteiger partial charge in [0.05, 0.1) is 26.9 Å². The lowest BCUT2D eigenvalue weighted by Gasteiger charge is -2.13. The van der Waals surface area contributed by atoms with Crippen molar-refractivity contribution in [2.45, 2.75) is 12.5 Å². The fourth-order valence-corrected chi connectivity index (χ4v) is 1.86. The van der Waals surface area contributed by atoms with Gasteiger partial charge in [-0.1, -0.05) is 15.9 Å². The average Bonchev–Trinajstić information content (AvgIpc) is 2.30. The second-order valence-electron chi connectivity index (χ2n) is 3.34. The van der Waals surface area contributed by atoms with E-state index in [0.29, 0.717) is 17.9 Å². The van der Waals surface area contributed by atoms with Crippen LogP contribution in [-0.2, 0) is 6.42 Å². The number of aliphatic hydroxyl groups excluding tert-OH is 2. The van der Waals surface area contributed by atoms with Gasteiger partial charge in [-0.05, 0) is 17.7 Å². The summed E-state index contributed by atoms with van der Waals surface area (Å²) in [4.78, 5) is 0. The molecule has 4 nitrogen and oxygen atoms in total. The maximum Gasteiger partial charge on any atom is 0.161 e. The zero-order chi connectivity index (χ0) is 12.1. The molecule has 0 amide bonds. The minimum atomic E-state index is -0.769. The van der Waals surface area contributed by atoms with Crippen molar-refractivity contribution >= 4 is 15.9 Å². The minimum absolute atomic E-state index is 0.263. The van der Waals surface area contributed by atoms with E-state index in [9.17, 15) is 5.11 Å². The molecule has 0 fully saturated rings. The lowest BCUT2D eigenvalue weighted by atomic mass is 10.1. The number of methoxy groups -OCH3 is 2. The highest BCUT2D eigenvalue weighted by atomic mass is 79.9. The van der Waals surface area contributed by atoms with E-state index in [1.807, 2.05) is 0 Å². The molecule has 0 radical (unpaired) electrons. The molecule has 0 spiro atoms. The first-order valence-electron chi connectivity index (χ1n) is 4.81. The van der Waals surface area contributed by atoms with E-state index in [1.54, 1.807) is 26.4 Å². The van der Waals surface area contributed by atoms with Crippen molar-refractivity contribution in [3.8, 4) is 11.5 Å². The number of ether oxygens (including phenoxy) is 2. The summed E-state index contributed by atoms with van der Waals surface area (Å²) in [6.07, 6.45) is -0.411. The van der Waals surface area contributed by atoms with Gasteiger partial charge in [0.1, 0.15) is 0 Å². The highest BCUT2D eigenvalue weighted by Gasteiger charge is 2.12. The van der Waals surface area contributed by atoms with Gasteiger partial charge in [-0.15, -0.1) is 0 Å². The molecule has 0 aliphatic carbocycles. The van der Waals surface area contributed by atoms with Gasteiger partial charge in [0.25, 0.3) is 0 Å². The number of aliphatic hydroxyl groups is 2. The van der Waals surface area contributed by atoms with Crippen LogP contribution in [0.25, 0.3) is 0 Å². The van der Waals surface area contributed by atoms with Crippen LogP contribution in [0.4, 0.5) is 0 Å². The summed E-state index contributed by atoms with van der Waals surface area (Å²) in [6, 6.07) is 3.56. The van der Waals surface area contributed by atoms with Crippen LogP contribution in [0.1, 0.15) is 5.56 Å². The SMILES string of the molecule is COc1cc(Br)c(C[C@H](O)CO)cc1OC. The molecular weight excluding hydrogens is 276 g/mol. The van der Waals surface area contributed by atoms with Crippen LogP contribution < -0.4 is 9.47 Å². The Morgan fingerprint density at radius 1 is 1.25 bits per heavy atom. The van der Waals surface area contributed by atoms with Crippen LogP contribution in [-0.4, -0.2) is 37.1 Å². The van der Waals surface area contributed by atoms with E-state index < -0.39 is 6.10 Å². The van der Waals surface area contributed by atoms with Crippen molar-refractivity contribution in [1.29, 1.82) is 0 Å². The van der Waals surface area contributed by atoms with Crippen LogP contribution in [0.15, 0.2) is 16.6 Å². The molecule has 1 rings (SSSR count). The first-order valence-corrected chi connectivity index (χ1v) is 5.61. The molecule has 0 saturated carbocycles. The van der Waals surface area contributed by atoms with Gasteiger partial charge in [0.15, 0.2) is 11.5 Å². The Labute approximate surface area is 103 Å². The molecule has 0 aliphatic rings. The Kier molecular flexibility index (Phi) is 5.05. The van der Waals surface area contributed by atoms with Crippen molar-refractivity contribution in [3.63, 3.8) is 0 Å². The number of halogens is 1. The van der Waals surface area contributed by atoms with E-state index >= 15 is 0 Å². The smallest absolute Gasteiger partial charge is 0.161 e. The Bertz CT molecular complexity index is 354. The van der Waals surface area contributed by atoms with Crippen molar-refractivity contribution in [3.05, 3.63) is 22.2 Å². The molecule has 5 heteroatoms. The predicted molar refractivity (Wildman–Crippen MR) is 64.0 cm³/mol. The van der Waals surface area contributed by atoms with Gasteiger partial charge in [0.2, 0.25) is 0 Å². The molecule has 0 saturated heterocycles. The summed E-state index contributed by atoms with van der Waals surface area (Å²) in [7, 11) is 3.12. The number of rotatable bonds is 5. The fourth-order valence-electron chi connectivity index (χ4n) is 1.37. The van der Waals surface area contributed by atoms with Crippen LogP contribution in [0.3, 0.4) is 0 Å². The van der Waals surface area contributed by atoms with Gasteiger partial charge in [-0.3, -0.25) is 0 Å². The van der Waals surface area contributed by atoms with Crippen LogP contribution in [0, 0.1) is 0 Å². The Morgan fingerprint density at radius 3 is 2.31 bits per heavy atom. The Morgan fingerprint density at radius 2 is 1.81 bits per heavy atom. The fraction of sp³-hybridized carbons (Fsp3) is 0.455. The van der Waals surface area contributed by atoms with Crippen molar-refractivity contribution in [2.24, 2.45) is 0 Å².